The van der Waals surface area contributed by atoms with Crippen molar-refractivity contribution in [3.8, 4) is 10.8 Å². The molecule has 0 bridgehead atoms. The molecule has 0 aliphatic heterocycles. The second-order valence-electron chi connectivity index (χ2n) is 3.12. The van der Waals surface area contributed by atoms with Crippen molar-refractivity contribution in [2.24, 2.45) is 0 Å². The van der Waals surface area contributed by atoms with Gasteiger partial charge in [0.2, 0.25) is 0 Å². The van der Waals surface area contributed by atoms with Crippen molar-refractivity contribution in [2.75, 3.05) is 0 Å². The number of hydrogen-bond donors (Lipinski definition) is 0. The number of rotatable bonds is 1. The highest BCUT2D eigenvalue weighted by atomic mass is 35.5. The summed E-state index contributed by atoms with van der Waals surface area (Å²) in [7, 11) is 0. The zero-order valence-electron chi connectivity index (χ0n) is 7.61. The average molecular weight is 236 g/mol. The zero-order valence-corrected chi connectivity index (χ0v) is 9.18. The van der Waals surface area contributed by atoms with Crippen LogP contribution in [0.25, 0.3) is 21.7 Å². The maximum atomic E-state index is 5.77. The first-order valence-electron chi connectivity index (χ1n) is 4.43. The predicted octanol–water partition coefficient (Wildman–Crippen LogP) is 4.21. The fourth-order valence-electron chi connectivity index (χ4n) is 1.45. The molecule has 74 valence electrons. The normalized spacial score (nSPS) is 11.0. The van der Waals surface area contributed by atoms with E-state index >= 15 is 0 Å². The molecule has 0 radical (unpaired) electrons. The lowest BCUT2D eigenvalue weighted by Gasteiger charge is -1.85. The Labute approximate surface area is 95.1 Å². The van der Waals surface area contributed by atoms with E-state index in [-0.39, 0.29) is 0 Å². The molecule has 0 amide bonds. The van der Waals surface area contributed by atoms with Crippen molar-refractivity contribution in [3.05, 3.63) is 40.9 Å². The molecule has 15 heavy (non-hydrogen) atoms. The lowest BCUT2D eigenvalue weighted by molar-refractivity contribution is 0.631. The largest absolute Gasteiger partial charge is 0.454 e. The Kier molecular flexibility index (Phi) is 2.01. The van der Waals surface area contributed by atoms with Crippen molar-refractivity contribution in [1.29, 1.82) is 0 Å². The first-order valence-corrected chi connectivity index (χ1v) is 5.69. The number of hydrogen-bond acceptors (Lipinski definition) is 3. The summed E-state index contributed by atoms with van der Waals surface area (Å²) in [6.07, 6.45) is 0. The monoisotopic (exact) mass is 235 g/mol. The summed E-state index contributed by atoms with van der Waals surface area (Å²) < 4.78 is 5.66. The summed E-state index contributed by atoms with van der Waals surface area (Å²) in [5, 5.41) is 4.20. The van der Waals surface area contributed by atoms with Gasteiger partial charge in [-0.3, -0.25) is 0 Å². The van der Waals surface area contributed by atoms with Gasteiger partial charge >= 0.3 is 0 Å². The van der Waals surface area contributed by atoms with Crippen molar-refractivity contribution in [3.63, 3.8) is 0 Å². The minimum atomic E-state index is 0.510. The molecular formula is C11H6ClNOS. The molecular weight excluding hydrogens is 230 g/mol. The minimum absolute atomic E-state index is 0.510. The van der Waals surface area contributed by atoms with Gasteiger partial charge in [-0.25, -0.2) is 4.98 Å². The van der Waals surface area contributed by atoms with Crippen LogP contribution < -0.4 is 0 Å². The van der Waals surface area contributed by atoms with E-state index < -0.39 is 0 Å². The third-order valence-corrected chi connectivity index (χ3v) is 3.29. The number of halogens is 1. The van der Waals surface area contributed by atoms with E-state index in [9.17, 15) is 0 Å². The summed E-state index contributed by atoms with van der Waals surface area (Å²) in [6, 6.07) is 9.86. The standard InChI is InChI=1S/C11H6ClNOS/c12-10-6-15-11(13-10)9-5-7-3-1-2-4-8(7)14-9/h1-6H. The summed E-state index contributed by atoms with van der Waals surface area (Å²) in [5.74, 6) is 0.771. The highest BCUT2D eigenvalue weighted by Crippen LogP contribution is 2.30. The molecule has 0 unspecified atom stereocenters. The van der Waals surface area contributed by atoms with Gasteiger partial charge in [-0.1, -0.05) is 29.8 Å². The number of thiazole rings is 1. The van der Waals surface area contributed by atoms with Gasteiger partial charge in [0.1, 0.15) is 10.7 Å². The molecule has 2 nitrogen and oxygen atoms in total. The van der Waals surface area contributed by atoms with E-state index in [0.717, 1.165) is 21.7 Å². The molecule has 0 N–H and O–H groups in total. The molecule has 0 spiro atoms. The maximum Gasteiger partial charge on any atom is 0.164 e. The van der Waals surface area contributed by atoms with Gasteiger partial charge in [0.05, 0.1) is 0 Å². The maximum absolute atomic E-state index is 5.77. The Balaban J connectivity index is 2.19. The Morgan fingerprint density at radius 2 is 2.13 bits per heavy atom. The predicted molar refractivity (Wildman–Crippen MR) is 62.3 cm³/mol. The quantitative estimate of drug-likeness (QED) is 0.632. The molecule has 2 heterocycles. The Bertz CT molecular complexity index is 581. The van der Waals surface area contributed by atoms with E-state index in [0.29, 0.717) is 5.15 Å². The second kappa shape index (κ2) is 3.36. The summed E-state index contributed by atoms with van der Waals surface area (Å²) in [4.78, 5) is 4.17. The highest BCUT2D eigenvalue weighted by Gasteiger charge is 2.08. The molecule has 2 aromatic heterocycles. The fraction of sp³-hybridized carbons (Fsp3) is 0. The van der Waals surface area contributed by atoms with Crippen molar-refractivity contribution in [2.45, 2.75) is 0 Å². The van der Waals surface area contributed by atoms with Gasteiger partial charge in [-0.05, 0) is 12.1 Å². The lowest BCUT2D eigenvalue weighted by Crippen LogP contribution is -1.68. The van der Waals surface area contributed by atoms with Crippen molar-refractivity contribution in [1.82, 2.24) is 4.98 Å². The summed E-state index contributed by atoms with van der Waals surface area (Å²) >= 11 is 7.25. The Morgan fingerprint density at radius 1 is 1.27 bits per heavy atom. The van der Waals surface area contributed by atoms with Crippen LogP contribution in [0.3, 0.4) is 0 Å². The van der Waals surface area contributed by atoms with Crippen LogP contribution in [0.4, 0.5) is 0 Å². The number of para-hydroxylation sites is 1. The van der Waals surface area contributed by atoms with Gasteiger partial charge in [0.15, 0.2) is 10.8 Å². The number of fused-ring (bicyclic) bond motifs is 1. The molecule has 4 heteroatoms. The number of benzene rings is 1. The van der Waals surface area contributed by atoms with Gasteiger partial charge in [0.25, 0.3) is 0 Å². The topological polar surface area (TPSA) is 26.0 Å². The van der Waals surface area contributed by atoms with E-state index in [1.54, 1.807) is 5.38 Å². The number of aromatic nitrogens is 1. The van der Waals surface area contributed by atoms with Crippen LogP contribution >= 0.6 is 22.9 Å². The molecule has 0 aliphatic carbocycles. The van der Waals surface area contributed by atoms with Crippen LogP contribution in [0, 0.1) is 0 Å². The van der Waals surface area contributed by atoms with E-state index in [2.05, 4.69) is 4.98 Å². The first kappa shape index (κ1) is 8.95. The average Bonchev–Trinajstić information content (AvgIpc) is 2.82. The SMILES string of the molecule is Clc1csc(-c2cc3ccccc3o2)n1. The van der Waals surface area contributed by atoms with Gasteiger partial charge in [-0.15, -0.1) is 11.3 Å². The minimum Gasteiger partial charge on any atom is -0.454 e. The number of furan rings is 1. The molecule has 0 saturated heterocycles. The molecule has 0 fully saturated rings. The van der Waals surface area contributed by atoms with Gasteiger partial charge in [-0.2, -0.15) is 0 Å². The van der Waals surface area contributed by atoms with Crippen LogP contribution in [0.1, 0.15) is 0 Å². The first-order chi connectivity index (χ1) is 7.33. The second-order valence-corrected chi connectivity index (χ2v) is 4.37. The smallest absolute Gasteiger partial charge is 0.164 e. The van der Waals surface area contributed by atoms with E-state index in [1.807, 2.05) is 30.3 Å². The molecule has 0 atom stereocenters. The summed E-state index contributed by atoms with van der Waals surface area (Å²) in [6.45, 7) is 0. The van der Waals surface area contributed by atoms with E-state index in [1.165, 1.54) is 11.3 Å². The third kappa shape index (κ3) is 1.54. The van der Waals surface area contributed by atoms with Crippen LogP contribution in [0.15, 0.2) is 40.1 Å². The molecule has 0 saturated carbocycles. The molecule has 3 rings (SSSR count). The fourth-order valence-corrected chi connectivity index (χ4v) is 2.35. The summed E-state index contributed by atoms with van der Waals surface area (Å²) in [5.41, 5.74) is 0.874. The number of nitrogens with zero attached hydrogens (tertiary/aromatic N) is 1. The third-order valence-electron chi connectivity index (χ3n) is 2.11. The van der Waals surface area contributed by atoms with Crippen LogP contribution in [0.2, 0.25) is 5.15 Å². The van der Waals surface area contributed by atoms with Gasteiger partial charge < -0.3 is 4.42 Å². The zero-order chi connectivity index (χ0) is 10.3. The van der Waals surface area contributed by atoms with Gasteiger partial charge in [0, 0.05) is 10.8 Å². The van der Waals surface area contributed by atoms with Crippen LogP contribution in [-0.2, 0) is 0 Å². The highest BCUT2D eigenvalue weighted by molar-refractivity contribution is 7.13. The lowest BCUT2D eigenvalue weighted by atomic mass is 10.2. The van der Waals surface area contributed by atoms with E-state index in [4.69, 9.17) is 16.0 Å². The van der Waals surface area contributed by atoms with Crippen LogP contribution in [-0.4, -0.2) is 4.98 Å². The van der Waals surface area contributed by atoms with Crippen molar-refractivity contribution < 1.29 is 4.42 Å². The molecule has 0 aliphatic rings. The van der Waals surface area contributed by atoms with Crippen molar-refractivity contribution >= 4 is 33.9 Å². The van der Waals surface area contributed by atoms with Crippen LogP contribution in [0.5, 0.6) is 0 Å². The molecule has 3 aromatic rings. The molecule has 1 aromatic carbocycles. The Morgan fingerprint density at radius 3 is 2.87 bits per heavy atom. The Hall–Kier alpha value is -1.32.